The van der Waals surface area contributed by atoms with Crippen molar-refractivity contribution < 1.29 is 18.7 Å². The third kappa shape index (κ3) is 5.49. The van der Waals surface area contributed by atoms with Gasteiger partial charge in [0, 0.05) is 52.1 Å². The molecule has 6 nitrogen and oxygen atoms in total. The third-order valence-electron chi connectivity index (χ3n) is 3.98. The SMILES string of the molecule is COCCCNC(=O)CC(=O)N1CCN(c2ccc(F)cc2)CC1. The summed E-state index contributed by atoms with van der Waals surface area (Å²) >= 11 is 0. The second-order valence-corrected chi connectivity index (χ2v) is 5.72. The molecule has 132 valence electrons. The first-order chi connectivity index (χ1) is 11.6. The zero-order valence-electron chi connectivity index (χ0n) is 14.0. The number of hydrogen-bond donors (Lipinski definition) is 1. The Hall–Kier alpha value is -2.15. The number of amides is 2. The molecule has 1 heterocycles. The van der Waals surface area contributed by atoms with Crippen LogP contribution in [0.4, 0.5) is 10.1 Å². The van der Waals surface area contributed by atoms with Crippen LogP contribution in [0.3, 0.4) is 0 Å². The number of halogens is 1. The van der Waals surface area contributed by atoms with Gasteiger partial charge in [-0.25, -0.2) is 4.39 Å². The molecule has 2 rings (SSSR count). The maximum absolute atomic E-state index is 13.0. The van der Waals surface area contributed by atoms with Crippen LogP contribution in [-0.2, 0) is 14.3 Å². The van der Waals surface area contributed by atoms with Crippen molar-refractivity contribution in [3.05, 3.63) is 30.1 Å². The normalized spacial score (nSPS) is 14.6. The smallest absolute Gasteiger partial charge is 0.232 e. The fourth-order valence-corrected chi connectivity index (χ4v) is 2.62. The van der Waals surface area contributed by atoms with Crippen LogP contribution in [0, 0.1) is 5.82 Å². The van der Waals surface area contributed by atoms with Crippen LogP contribution in [0.15, 0.2) is 24.3 Å². The lowest BCUT2D eigenvalue weighted by atomic mass is 10.2. The molecule has 0 saturated carbocycles. The molecule has 7 heteroatoms. The molecule has 0 bridgehead atoms. The van der Waals surface area contributed by atoms with Crippen LogP contribution in [0.1, 0.15) is 12.8 Å². The fourth-order valence-electron chi connectivity index (χ4n) is 2.62. The maximum atomic E-state index is 13.0. The van der Waals surface area contributed by atoms with E-state index in [9.17, 15) is 14.0 Å². The van der Waals surface area contributed by atoms with Gasteiger partial charge in [-0.05, 0) is 30.7 Å². The van der Waals surface area contributed by atoms with Crippen molar-refractivity contribution in [2.75, 3.05) is 51.3 Å². The number of methoxy groups -OCH3 is 1. The van der Waals surface area contributed by atoms with Crippen LogP contribution < -0.4 is 10.2 Å². The Morgan fingerprint density at radius 1 is 1.17 bits per heavy atom. The molecule has 1 fully saturated rings. The number of nitrogens with one attached hydrogen (secondary N) is 1. The molecule has 0 radical (unpaired) electrons. The summed E-state index contributed by atoms with van der Waals surface area (Å²) in [6.07, 6.45) is 0.607. The number of piperazine rings is 1. The molecule has 0 atom stereocenters. The number of hydrogen-bond acceptors (Lipinski definition) is 4. The van der Waals surface area contributed by atoms with Crippen LogP contribution in [0.5, 0.6) is 0 Å². The van der Waals surface area contributed by atoms with Gasteiger partial charge in [-0.2, -0.15) is 0 Å². The van der Waals surface area contributed by atoms with E-state index in [4.69, 9.17) is 4.74 Å². The highest BCUT2D eigenvalue weighted by Gasteiger charge is 2.22. The number of benzene rings is 1. The Kier molecular flexibility index (Phi) is 6.99. The van der Waals surface area contributed by atoms with Crippen molar-refractivity contribution in [1.82, 2.24) is 10.2 Å². The van der Waals surface area contributed by atoms with Crippen molar-refractivity contribution in [3.63, 3.8) is 0 Å². The molecule has 1 aromatic carbocycles. The van der Waals surface area contributed by atoms with Gasteiger partial charge in [0.1, 0.15) is 12.2 Å². The van der Waals surface area contributed by atoms with E-state index in [0.29, 0.717) is 39.3 Å². The molecule has 1 aliphatic rings. The van der Waals surface area contributed by atoms with E-state index in [-0.39, 0.29) is 24.1 Å². The number of anilines is 1. The first-order valence-corrected chi connectivity index (χ1v) is 8.14. The number of carbonyl (C=O) groups excluding carboxylic acids is 2. The summed E-state index contributed by atoms with van der Waals surface area (Å²) in [6, 6.07) is 6.34. The minimum Gasteiger partial charge on any atom is -0.385 e. The van der Waals surface area contributed by atoms with E-state index < -0.39 is 0 Å². The lowest BCUT2D eigenvalue weighted by Gasteiger charge is -2.36. The number of carbonyl (C=O) groups is 2. The zero-order valence-corrected chi connectivity index (χ0v) is 14.0. The predicted octanol–water partition coefficient (Wildman–Crippen LogP) is 1.02. The molecule has 1 aromatic rings. The van der Waals surface area contributed by atoms with Gasteiger partial charge >= 0.3 is 0 Å². The topological polar surface area (TPSA) is 61.9 Å². The molecule has 0 unspecified atom stereocenters. The summed E-state index contributed by atoms with van der Waals surface area (Å²) in [5.74, 6) is -0.667. The molecule has 0 aromatic heterocycles. The molecule has 0 spiro atoms. The highest BCUT2D eigenvalue weighted by molar-refractivity contribution is 5.96. The van der Waals surface area contributed by atoms with E-state index in [0.717, 1.165) is 12.1 Å². The number of ether oxygens (including phenoxy) is 1. The predicted molar refractivity (Wildman–Crippen MR) is 89.3 cm³/mol. The first kappa shape index (κ1) is 18.2. The van der Waals surface area contributed by atoms with Crippen LogP contribution >= 0.6 is 0 Å². The second-order valence-electron chi connectivity index (χ2n) is 5.72. The highest BCUT2D eigenvalue weighted by atomic mass is 19.1. The number of nitrogens with zero attached hydrogens (tertiary/aromatic N) is 2. The van der Waals surface area contributed by atoms with Crippen molar-refractivity contribution in [2.45, 2.75) is 12.8 Å². The highest BCUT2D eigenvalue weighted by Crippen LogP contribution is 2.17. The lowest BCUT2D eigenvalue weighted by molar-refractivity contribution is -0.136. The Bertz CT molecular complexity index is 543. The first-order valence-electron chi connectivity index (χ1n) is 8.14. The maximum Gasteiger partial charge on any atom is 0.232 e. The van der Waals surface area contributed by atoms with E-state index >= 15 is 0 Å². The minimum atomic E-state index is -0.260. The van der Waals surface area contributed by atoms with Gasteiger partial charge in [0.2, 0.25) is 11.8 Å². The zero-order chi connectivity index (χ0) is 17.4. The van der Waals surface area contributed by atoms with Gasteiger partial charge in [0.15, 0.2) is 0 Å². The summed E-state index contributed by atoms with van der Waals surface area (Å²) in [4.78, 5) is 27.7. The summed E-state index contributed by atoms with van der Waals surface area (Å²) in [7, 11) is 1.61. The molecular weight excluding hydrogens is 313 g/mol. The molecular formula is C17H24FN3O3. The summed E-state index contributed by atoms with van der Waals surface area (Å²) in [6.45, 7) is 3.57. The monoisotopic (exact) mass is 337 g/mol. The van der Waals surface area contributed by atoms with Gasteiger partial charge in [0.25, 0.3) is 0 Å². The second kappa shape index (κ2) is 9.22. The van der Waals surface area contributed by atoms with Gasteiger partial charge in [-0.3, -0.25) is 9.59 Å². The largest absolute Gasteiger partial charge is 0.385 e. The molecule has 24 heavy (non-hydrogen) atoms. The minimum absolute atomic E-state index is 0.121. The quantitative estimate of drug-likeness (QED) is 0.596. The average molecular weight is 337 g/mol. The summed E-state index contributed by atoms with van der Waals surface area (Å²) in [5, 5.41) is 2.72. The Balaban J connectivity index is 1.72. The van der Waals surface area contributed by atoms with Crippen molar-refractivity contribution in [3.8, 4) is 0 Å². The van der Waals surface area contributed by atoms with Crippen LogP contribution in [0.2, 0.25) is 0 Å². The van der Waals surface area contributed by atoms with Gasteiger partial charge in [0.05, 0.1) is 0 Å². The average Bonchev–Trinajstić information content (AvgIpc) is 2.59. The van der Waals surface area contributed by atoms with E-state index in [1.54, 1.807) is 24.1 Å². The van der Waals surface area contributed by atoms with Gasteiger partial charge in [-0.15, -0.1) is 0 Å². The van der Waals surface area contributed by atoms with E-state index in [1.165, 1.54) is 12.1 Å². The Labute approximate surface area is 141 Å². The third-order valence-corrected chi connectivity index (χ3v) is 3.98. The molecule has 0 aliphatic carbocycles. The van der Waals surface area contributed by atoms with Crippen molar-refractivity contribution >= 4 is 17.5 Å². The Morgan fingerprint density at radius 3 is 2.46 bits per heavy atom. The standard InChI is InChI=1S/C17H24FN3O3/c1-24-12-2-7-19-16(22)13-17(23)21-10-8-20(9-11-21)15-5-3-14(18)4-6-15/h3-6H,2,7-13H2,1H3,(H,19,22). The van der Waals surface area contributed by atoms with E-state index in [1.807, 2.05) is 0 Å². The van der Waals surface area contributed by atoms with Crippen LogP contribution in [-0.4, -0.2) is 63.2 Å². The van der Waals surface area contributed by atoms with Crippen molar-refractivity contribution in [2.24, 2.45) is 0 Å². The fraction of sp³-hybridized carbons (Fsp3) is 0.529. The molecule has 1 N–H and O–H groups in total. The van der Waals surface area contributed by atoms with Crippen molar-refractivity contribution in [1.29, 1.82) is 0 Å². The molecule has 1 aliphatic heterocycles. The van der Waals surface area contributed by atoms with Gasteiger partial charge in [-0.1, -0.05) is 0 Å². The van der Waals surface area contributed by atoms with E-state index in [2.05, 4.69) is 10.2 Å². The molecule has 1 saturated heterocycles. The summed E-state index contributed by atoms with van der Waals surface area (Å²) < 4.78 is 17.9. The Morgan fingerprint density at radius 2 is 1.83 bits per heavy atom. The van der Waals surface area contributed by atoms with Crippen LogP contribution in [0.25, 0.3) is 0 Å². The van der Waals surface area contributed by atoms with Gasteiger partial charge < -0.3 is 19.9 Å². The lowest BCUT2D eigenvalue weighted by Crippen LogP contribution is -2.49. The molecule has 2 amide bonds. The summed E-state index contributed by atoms with van der Waals surface area (Å²) in [5.41, 5.74) is 0.944. The number of rotatable bonds is 7.